The Bertz CT molecular complexity index is 1060. The van der Waals surface area contributed by atoms with Crippen LogP contribution in [0.4, 0.5) is 0 Å². The standard InChI is InChI=1S/C23H22N2O3S/c1-3-7-19(20(28)14-15(2)27)22-21(23(25-24-22)29-13-12-26)18-11-6-9-16-8-4-5-10-17(16)18/h3-11,14,21,26-28H,1-2,12-13H2/b19-7+,20-14+. The van der Waals surface area contributed by atoms with Crippen LogP contribution in [0.5, 0.6) is 0 Å². The lowest BCUT2D eigenvalue weighted by Crippen LogP contribution is -2.20. The summed E-state index contributed by atoms with van der Waals surface area (Å²) in [5.41, 5.74) is 1.93. The second-order valence-corrected chi connectivity index (χ2v) is 7.45. The van der Waals surface area contributed by atoms with E-state index in [1.54, 1.807) is 12.2 Å². The number of nitrogens with zero attached hydrogens (tertiary/aromatic N) is 2. The first kappa shape index (κ1) is 20.6. The van der Waals surface area contributed by atoms with Crippen LogP contribution in [0, 0.1) is 0 Å². The van der Waals surface area contributed by atoms with Gasteiger partial charge in [0.15, 0.2) is 0 Å². The average Bonchev–Trinajstić information content (AvgIpc) is 3.12. The summed E-state index contributed by atoms with van der Waals surface area (Å²) in [6, 6.07) is 14.1. The molecule has 0 fully saturated rings. The molecule has 1 unspecified atom stereocenters. The molecule has 1 atom stereocenters. The van der Waals surface area contributed by atoms with Gasteiger partial charge in [-0.3, -0.25) is 0 Å². The van der Waals surface area contributed by atoms with Crippen LogP contribution in [0.3, 0.4) is 0 Å². The van der Waals surface area contributed by atoms with Gasteiger partial charge in [-0.25, -0.2) is 0 Å². The number of fused-ring (bicyclic) bond motifs is 1. The lowest BCUT2D eigenvalue weighted by atomic mass is 9.87. The van der Waals surface area contributed by atoms with E-state index in [0.717, 1.165) is 27.5 Å². The monoisotopic (exact) mass is 406 g/mol. The molecule has 0 bridgehead atoms. The summed E-state index contributed by atoms with van der Waals surface area (Å²) in [4.78, 5) is 0. The maximum absolute atomic E-state index is 10.6. The molecule has 0 radical (unpaired) electrons. The summed E-state index contributed by atoms with van der Waals surface area (Å²) in [6.07, 6.45) is 4.33. The Morgan fingerprint density at radius 2 is 1.86 bits per heavy atom. The van der Waals surface area contributed by atoms with Crippen molar-refractivity contribution in [3.63, 3.8) is 0 Å². The SMILES string of the molecule is C=C/C=C(C1=NN=C(SCCO)C1c1cccc2ccccc12)\C(O)=C/C(=C)O. The van der Waals surface area contributed by atoms with Gasteiger partial charge in [0.2, 0.25) is 0 Å². The maximum Gasteiger partial charge on any atom is 0.128 e. The molecule has 5 nitrogen and oxygen atoms in total. The van der Waals surface area contributed by atoms with E-state index in [9.17, 15) is 15.3 Å². The van der Waals surface area contributed by atoms with E-state index in [1.165, 1.54) is 11.8 Å². The highest BCUT2D eigenvalue weighted by Gasteiger charge is 2.33. The fourth-order valence-corrected chi connectivity index (χ4v) is 4.05. The molecule has 29 heavy (non-hydrogen) atoms. The molecule has 1 heterocycles. The molecule has 2 aromatic rings. The molecule has 0 aromatic heterocycles. The van der Waals surface area contributed by atoms with Gasteiger partial charge in [0.05, 0.1) is 18.2 Å². The van der Waals surface area contributed by atoms with Crippen LogP contribution in [0.15, 0.2) is 101 Å². The van der Waals surface area contributed by atoms with E-state index in [-0.39, 0.29) is 24.0 Å². The number of thioether (sulfide) groups is 1. The largest absolute Gasteiger partial charge is 0.508 e. The highest BCUT2D eigenvalue weighted by Crippen LogP contribution is 2.37. The fourth-order valence-electron chi connectivity index (χ4n) is 3.25. The summed E-state index contributed by atoms with van der Waals surface area (Å²) in [6.45, 7) is 7.14. The first-order valence-electron chi connectivity index (χ1n) is 9.05. The van der Waals surface area contributed by atoms with Crippen molar-refractivity contribution in [1.29, 1.82) is 0 Å². The van der Waals surface area contributed by atoms with Crippen molar-refractivity contribution in [3.8, 4) is 0 Å². The second kappa shape index (κ2) is 9.41. The zero-order valence-corrected chi connectivity index (χ0v) is 16.6. The molecule has 0 saturated carbocycles. The minimum absolute atomic E-state index is 0.0200. The van der Waals surface area contributed by atoms with Crippen molar-refractivity contribution in [2.45, 2.75) is 5.92 Å². The van der Waals surface area contributed by atoms with Gasteiger partial charge in [-0.2, -0.15) is 5.10 Å². The number of hydrogen-bond acceptors (Lipinski definition) is 6. The van der Waals surface area contributed by atoms with Crippen molar-refractivity contribution < 1.29 is 15.3 Å². The minimum atomic E-state index is -0.327. The second-order valence-electron chi connectivity index (χ2n) is 6.33. The van der Waals surface area contributed by atoms with Crippen LogP contribution in [-0.4, -0.2) is 38.4 Å². The molecule has 6 heteroatoms. The van der Waals surface area contributed by atoms with Gasteiger partial charge in [-0.15, -0.1) is 16.9 Å². The number of hydrogen-bond donors (Lipinski definition) is 3. The van der Waals surface area contributed by atoms with E-state index >= 15 is 0 Å². The van der Waals surface area contributed by atoms with Crippen LogP contribution in [-0.2, 0) is 0 Å². The molecule has 0 spiro atoms. The number of benzene rings is 2. The van der Waals surface area contributed by atoms with Crippen molar-refractivity contribution in [2.24, 2.45) is 10.2 Å². The molecule has 148 valence electrons. The number of allylic oxidation sites excluding steroid dienone is 4. The quantitative estimate of drug-likeness (QED) is 0.444. The normalized spacial score (nSPS) is 17.2. The first-order chi connectivity index (χ1) is 14.1. The van der Waals surface area contributed by atoms with Crippen LogP contribution < -0.4 is 0 Å². The predicted molar refractivity (Wildman–Crippen MR) is 122 cm³/mol. The summed E-state index contributed by atoms with van der Waals surface area (Å²) in [7, 11) is 0. The summed E-state index contributed by atoms with van der Waals surface area (Å²) in [5, 5.41) is 40.9. The summed E-state index contributed by atoms with van der Waals surface area (Å²) < 4.78 is 0. The Morgan fingerprint density at radius 1 is 1.10 bits per heavy atom. The van der Waals surface area contributed by atoms with Crippen molar-refractivity contribution in [2.75, 3.05) is 12.4 Å². The van der Waals surface area contributed by atoms with E-state index < -0.39 is 0 Å². The first-order valence-corrected chi connectivity index (χ1v) is 10.0. The third-order valence-electron chi connectivity index (χ3n) is 4.39. The zero-order chi connectivity index (χ0) is 20.8. The minimum Gasteiger partial charge on any atom is -0.508 e. The molecule has 3 N–H and O–H groups in total. The molecular weight excluding hydrogens is 384 g/mol. The Hall–Kier alpha value is -3.09. The predicted octanol–water partition coefficient (Wildman–Crippen LogP) is 5.04. The van der Waals surface area contributed by atoms with Crippen molar-refractivity contribution in [1.82, 2.24) is 0 Å². The van der Waals surface area contributed by atoms with Gasteiger partial charge >= 0.3 is 0 Å². The zero-order valence-electron chi connectivity index (χ0n) is 15.8. The van der Waals surface area contributed by atoms with Crippen LogP contribution in [0.25, 0.3) is 10.8 Å². The summed E-state index contributed by atoms with van der Waals surface area (Å²) in [5.74, 6) is -0.288. The Kier molecular flexibility index (Phi) is 6.69. The smallest absolute Gasteiger partial charge is 0.128 e. The molecule has 2 aromatic carbocycles. The third kappa shape index (κ3) is 4.50. The Balaban J connectivity index is 2.15. The van der Waals surface area contributed by atoms with Crippen LogP contribution in [0.1, 0.15) is 11.5 Å². The molecule has 0 aliphatic carbocycles. The number of rotatable bonds is 7. The Labute approximate surface area is 173 Å². The Morgan fingerprint density at radius 3 is 2.59 bits per heavy atom. The number of aliphatic hydroxyl groups excluding tert-OH is 3. The lowest BCUT2D eigenvalue weighted by molar-refractivity contribution is 0.323. The van der Waals surface area contributed by atoms with Gasteiger partial charge in [-0.1, -0.05) is 61.7 Å². The third-order valence-corrected chi connectivity index (χ3v) is 5.39. The highest BCUT2D eigenvalue weighted by atomic mass is 32.2. The molecule has 1 aliphatic heterocycles. The molecule has 3 rings (SSSR count). The molecule has 0 saturated heterocycles. The lowest BCUT2D eigenvalue weighted by Gasteiger charge is -2.19. The van der Waals surface area contributed by atoms with Gasteiger partial charge in [0, 0.05) is 17.4 Å². The highest BCUT2D eigenvalue weighted by molar-refractivity contribution is 8.14. The van der Waals surface area contributed by atoms with Crippen molar-refractivity contribution in [3.05, 3.63) is 96.5 Å². The van der Waals surface area contributed by atoms with E-state index in [2.05, 4.69) is 23.4 Å². The fraction of sp³-hybridized carbons (Fsp3) is 0.130. The van der Waals surface area contributed by atoms with E-state index in [0.29, 0.717) is 17.0 Å². The average molecular weight is 407 g/mol. The van der Waals surface area contributed by atoms with Gasteiger partial charge in [0.25, 0.3) is 0 Å². The topological polar surface area (TPSA) is 85.4 Å². The van der Waals surface area contributed by atoms with Gasteiger partial charge in [-0.05, 0) is 22.4 Å². The van der Waals surface area contributed by atoms with Gasteiger partial charge < -0.3 is 15.3 Å². The summed E-state index contributed by atoms with van der Waals surface area (Å²) >= 11 is 1.42. The van der Waals surface area contributed by atoms with E-state index in [4.69, 9.17) is 0 Å². The van der Waals surface area contributed by atoms with Crippen LogP contribution >= 0.6 is 11.8 Å². The number of aliphatic hydroxyl groups is 3. The maximum atomic E-state index is 10.6. The van der Waals surface area contributed by atoms with Crippen molar-refractivity contribution >= 4 is 33.3 Å². The molecular formula is C23H22N2O3S. The molecule has 0 amide bonds. The molecule has 1 aliphatic rings. The van der Waals surface area contributed by atoms with Crippen LogP contribution in [0.2, 0.25) is 0 Å². The van der Waals surface area contributed by atoms with Gasteiger partial charge in [0.1, 0.15) is 16.6 Å². The van der Waals surface area contributed by atoms with E-state index in [1.807, 2.05) is 42.5 Å².